The third-order valence-electron chi connectivity index (χ3n) is 5.86. The Balaban J connectivity index is 1.14. The fourth-order valence-electron chi connectivity index (χ4n) is 3.92. The van der Waals surface area contributed by atoms with Crippen molar-refractivity contribution in [3.63, 3.8) is 0 Å². The SMILES string of the molecule is Cc1ccc(CNC(=O)N2CC(c3nc(CCOCC4CCCC4)no3)C2)cc1. The van der Waals surface area contributed by atoms with Gasteiger partial charge in [-0.3, -0.25) is 0 Å². The first-order chi connectivity index (χ1) is 14.2. The van der Waals surface area contributed by atoms with Gasteiger partial charge < -0.3 is 19.5 Å². The summed E-state index contributed by atoms with van der Waals surface area (Å²) in [5, 5.41) is 7.01. The number of nitrogens with one attached hydrogen (secondary N) is 1. The van der Waals surface area contributed by atoms with Crippen molar-refractivity contribution in [2.75, 3.05) is 26.3 Å². The van der Waals surface area contributed by atoms with E-state index in [1.165, 1.54) is 31.2 Å². The van der Waals surface area contributed by atoms with E-state index in [1.54, 1.807) is 4.90 Å². The highest BCUT2D eigenvalue weighted by atomic mass is 16.5. The van der Waals surface area contributed by atoms with Gasteiger partial charge in [-0.2, -0.15) is 4.98 Å². The minimum Gasteiger partial charge on any atom is -0.381 e. The van der Waals surface area contributed by atoms with E-state index in [4.69, 9.17) is 9.26 Å². The average molecular weight is 399 g/mol. The molecular formula is C22H30N4O3. The molecule has 1 N–H and O–H groups in total. The molecule has 1 aliphatic heterocycles. The third-order valence-corrected chi connectivity index (χ3v) is 5.86. The summed E-state index contributed by atoms with van der Waals surface area (Å²) < 4.78 is 11.2. The fourth-order valence-corrected chi connectivity index (χ4v) is 3.92. The number of urea groups is 1. The van der Waals surface area contributed by atoms with Gasteiger partial charge >= 0.3 is 6.03 Å². The van der Waals surface area contributed by atoms with Gasteiger partial charge in [0, 0.05) is 32.7 Å². The first-order valence-corrected chi connectivity index (χ1v) is 10.7. The van der Waals surface area contributed by atoms with Crippen LogP contribution in [0.25, 0.3) is 0 Å². The molecule has 7 nitrogen and oxygen atoms in total. The molecule has 1 aromatic heterocycles. The smallest absolute Gasteiger partial charge is 0.317 e. The van der Waals surface area contributed by atoms with Crippen molar-refractivity contribution in [3.05, 3.63) is 47.1 Å². The largest absolute Gasteiger partial charge is 0.381 e. The zero-order chi connectivity index (χ0) is 20.1. The normalized spacial score (nSPS) is 17.5. The zero-order valence-corrected chi connectivity index (χ0v) is 17.1. The quantitative estimate of drug-likeness (QED) is 0.689. The summed E-state index contributed by atoms with van der Waals surface area (Å²) in [4.78, 5) is 18.5. The Morgan fingerprint density at radius 1 is 1.24 bits per heavy atom. The molecule has 156 valence electrons. The molecule has 2 fully saturated rings. The van der Waals surface area contributed by atoms with Crippen LogP contribution in [0.4, 0.5) is 4.79 Å². The molecule has 0 unspecified atom stereocenters. The van der Waals surface area contributed by atoms with Crippen molar-refractivity contribution in [3.8, 4) is 0 Å². The molecule has 1 aromatic carbocycles. The van der Waals surface area contributed by atoms with Gasteiger partial charge in [0.05, 0.1) is 12.5 Å². The maximum absolute atomic E-state index is 12.3. The van der Waals surface area contributed by atoms with E-state index in [0.717, 1.165) is 18.1 Å². The Morgan fingerprint density at radius 3 is 2.76 bits per heavy atom. The lowest BCUT2D eigenvalue weighted by molar-refractivity contribution is 0.102. The maximum Gasteiger partial charge on any atom is 0.317 e. The summed E-state index contributed by atoms with van der Waals surface area (Å²) in [6.07, 6.45) is 5.94. The second-order valence-corrected chi connectivity index (χ2v) is 8.27. The van der Waals surface area contributed by atoms with Gasteiger partial charge in [-0.05, 0) is 31.2 Å². The van der Waals surface area contributed by atoms with E-state index < -0.39 is 0 Å². The predicted molar refractivity (Wildman–Crippen MR) is 109 cm³/mol. The van der Waals surface area contributed by atoms with Crippen LogP contribution in [0.2, 0.25) is 0 Å². The number of hydrogen-bond acceptors (Lipinski definition) is 5. The van der Waals surface area contributed by atoms with Crippen LogP contribution in [0.5, 0.6) is 0 Å². The molecule has 0 bridgehead atoms. The minimum atomic E-state index is -0.0538. The molecule has 2 aliphatic rings. The van der Waals surface area contributed by atoms with Crippen molar-refractivity contribution in [2.45, 2.75) is 51.5 Å². The molecule has 0 radical (unpaired) electrons. The second kappa shape index (κ2) is 9.39. The molecule has 0 spiro atoms. The van der Waals surface area contributed by atoms with Crippen LogP contribution in [-0.2, 0) is 17.7 Å². The lowest BCUT2D eigenvalue weighted by atomic mass is 10.0. The van der Waals surface area contributed by atoms with Gasteiger partial charge in [-0.15, -0.1) is 0 Å². The highest BCUT2D eigenvalue weighted by Gasteiger charge is 2.35. The lowest BCUT2D eigenvalue weighted by Crippen LogP contribution is -2.52. The van der Waals surface area contributed by atoms with Crippen molar-refractivity contribution in [1.29, 1.82) is 0 Å². The third kappa shape index (κ3) is 5.35. The van der Waals surface area contributed by atoms with Gasteiger partial charge in [0.1, 0.15) is 0 Å². The van der Waals surface area contributed by atoms with E-state index in [9.17, 15) is 4.79 Å². The molecule has 2 aromatic rings. The van der Waals surface area contributed by atoms with Crippen LogP contribution in [0.15, 0.2) is 28.8 Å². The van der Waals surface area contributed by atoms with Crippen molar-refractivity contribution in [1.82, 2.24) is 20.4 Å². The van der Waals surface area contributed by atoms with Crippen LogP contribution in [0, 0.1) is 12.8 Å². The standard InChI is InChI=1S/C22H30N4O3/c1-16-6-8-17(9-7-16)12-23-22(27)26-13-19(14-26)21-24-20(25-29-21)10-11-28-15-18-4-2-3-5-18/h6-9,18-19H,2-5,10-15H2,1H3,(H,23,27). The molecule has 1 saturated carbocycles. The van der Waals surface area contributed by atoms with Gasteiger partial charge in [0.15, 0.2) is 5.82 Å². The number of rotatable bonds is 8. The zero-order valence-electron chi connectivity index (χ0n) is 17.1. The van der Waals surface area contributed by atoms with Crippen molar-refractivity contribution < 1.29 is 14.1 Å². The van der Waals surface area contributed by atoms with Crippen LogP contribution in [0.1, 0.15) is 54.4 Å². The summed E-state index contributed by atoms with van der Waals surface area (Å²) in [6, 6.07) is 8.11. The molecule has 2 amide bonds. The fraction of sp³-hybridized carbons (Fsp3) is 0.591. The summed E-state index contributed by atoms with van der Waals surface area (Å²) in [7, 11) is 0. The Labute approximate surface area is 171 Å². The number of carbonyl (C=O) groups is 1. The molecule has 29 heavy (non-hydrogen) atoms. The Bertz CT molecular complexity index is 793. The van der Waals surface area contributed by atoms with E-state index in [0.29, 0.717) is 44.4 Å². The van der Waals surface area contributed by atoms with Crippen molar-refractivity contribution >= 4 is 6.03 Å². The van der Waals surface area contributed by atoms with E-state index in [-0.39, 0.29) is 11.9 Å². The summed E-state index contributed by atoms with van der Waals surface area (Å²) in [6.45, 7) is 5.29. The Hall–Kier alpha value is -2.41. The number of nitrogens with zero attached hydrogens (tertiary/aromatic N) is 3. The van der Waals surface area contributed by atoms with Crippen LogP contribution in [-0.4, -0.2) is 47.4 Å². The molecule has 1 saturated heterocycles. The maximum atomic E-state index is 12.3. The van der Waals surface area contributed by atoms with Crippen LogP contribution in [0.3, 0.4) is 0 Å². The molecule has 0 atom stereocenters. The molecular weight excluding hydrogens is 368 g/mol. The summed E-state index contributed by atoms with van der Waals surface area (Å²) in [5.74, 6) is 2.17. The van der Waals surface area contributed by atoms with Crippen LogP contribution >= 0.6 is 0 Å². The van der Waals surface area contributed by atoms with Crippen molar-refractivity contribution in [2.24, 2.45) is 5.92 Å². The average Bonchev–Trinajstić information content (AvgIpc) is 3.36. The number of carbonyl (C=O) groups excluding carboxylic acids is 1. The Morgan fingerprint density at radius 2 is 2.00 bits per heavy atom. The summed E-state index contributed by atoms with van der Waals surface area (Å²) in [5.41, 5.74) is 2.31. The first-order valence-electron chi connectivity index (χ1n) is 10.7. The number of ether oxygens (including phenoxy) is 1. The number of aromatic nitrogens is 2. The number of amides is 2. The van der Waals surface area contributed by atoms with Gasteiger partial charge in [-0.1, -0.05) is 47.8 Å². The second-order valence-electron chi connectivity index (χ2n) is 8.27. The van der Waals surface area contributed by atoms with Gasteiger partial charge in [-0.25, -0.2) is 4.79 Å². The van der Waals surface area contributed by atoms with E-state index in [1.807, 2.05) is 24.3 Å². The number of hydrogen-bond donors (Lipinski definition) is 1. The predicted octanol–water partition coefficient (Wildman–Crippen LogP) is 3.44. The number of aryl methyl sites for hydroxylation is 1. The highest BCUT2D eigenvalue weighted by molar-refractivity contribution is 5.75. The minimum absolute atomic E-state index is 0.0538. The molecule has 2 heterocycles. The van der Waals surface area contributed by atoms with E-state index in [2.05, 4.69) is 22.4 Å². The van der Waals surface area contributed by atoms with E-state index >= 15 is 0 Å². The highest BCUT2D eigenvalue weighted by Crippen LogP contribution is 2.26. The lowest BCUT2D eigenvalue weighted by Gasteiger charge is -2.36. The molecule has 1 aliphatic carbocycles. The first kappa shape index (κ1) is 19.9. The monoisotopic (exact) mass is 398 g/mol. The van der Waals surface area contributed by atoms with Gasteiger partial charge in [0.2, 0.25) is 5.89 Å². The van der Waals surface area contributed by atoms with Gasteiger partial charge in [0.25, 0.3) is 0 Å². The summed E-state index contributed by atoms with van der Waals surface area (Å²) >= 11 is 0. The Kier molecular flexibility index (Phi) is 6.44. The number of likely N-dealkylation sites (tertiary alicyclic amines) is 1. The molecule has 4 rings (SSSR count). The topological polar surface area (TPSA) is 80.5 Å². The molecule has 7 heteroatoms. The van der Waals surface area contributed by atoms with Crippen LogP contribution < -0.4 is 5.32 Å². The number of benzene rings is 1.